The minimum absolute atomic E-state index is 0.106. The van der Waals surface area contributed by atoms with E-state index in [1.54, 1.807) is 12.1 Å². The fourth-order valence-corrected chi connectivity index (χ4v) is 9.28. The molecule has 0 bridgehead atoms. The maximum Gasteiger partial charge on any atom is 0.453 e. The normalized spacial score (nSPS) is 30.1. The molecule has 0 radical (unpaired) electrons. The van der Waals surface area contributed by atoms with Crippen LogP contribution in [-0.4, -0.2) is 49.9 Å². The van der Waals surface area contributed by atoms with Gasteiger partial charge in [0.05, 0.1) is 6.10 Å². The van der Waals surface area contributed by atoms with E-state index in [2.05, 4.69) is 6.92 Å². The molecule has 4 rings (SSSR count). The van der Waals surface area contributed by atoms with Gasteiger partial charge >= 0.3 is 12.1 Å². The van der Waals surface area contributed by atoms with E-state index >= 15 is 0 Å². The summed E-state index contributed by atoms with van der Waals surface area (Å²) in [7, 11) is -1.39. The monoisotopic (exact) mass is 620 g/mol. The zero-order chi connectivity index (χ0) is 30.7. The van der Waals surface area contributed by atoms with E-state index in [1.165, 1.54) is 0 Å². The maximum absolute atomic E-state index is 13.8. The highest BCUT2D eigenvalue weighted by Crippen LogP contribution is 2.62. The molecule has 10 heteroatoms. The number of fused-ring (bicyclic) bond motifs is 5. The van der Waals surface area contributed by atoms with Crippen molar-refractivity contribution in [1.29, 1.82) is 0 Å². The second-order valence-corrected chi connectivity index (χ2v) is 14.8. The van der Waals surface area contributed by atoms with Crippen molar-refractivity contribution in [2.45, 2.75) is 121 Å². The third-order valence-electron chi connectivity index (χ3n) is 10.5. The number of unbranched alkanes of at least 4 members (excludes halogenated alkanes) is 6. The number of hydrogen-bond donors (Lipinski definition) is 2. The van der Waals surface area contributed by atoms with Crippen molar-refractivity contribution >= 4 is 16.6 Å². The molecule has 0 aliphatic heterocycles. The molecule has 1 aromatic rings. The SMILES string of the molecule is CC12CCC3c4ccc(O)cc4C(=O)C(CCCCCCCCCS(=O)CCCC(F)(F)C(F)(F)F)C3C1CCC2O. The number of aliphatic hydroxyl groups is 1. The first kappa shape index (κ1) is 33.3. The number of alkyl halides is 5. The minimum Gasteiger partial charge on any atom is -0.508 e. The zero-order valence-electron chi connectivity index (χ0n) is 24.4. The fraction of sp³-hybridized carbons (Fsp3) is 0.781. The second kappa shape index (κ2) is 13.6. The van der Waals surface area contributed by atoms with Gasteiger partial charge in [0.15, 0.2) is 5.78 Å². The first-order valence-corrected chi connectivity index (χ1v) is 17.1. The van der Waals surface area contributed by atoms with E-state index in [4.69, 9.17) is 0 Å². The molecule has 238 valence electrons. The van der Waals surface area contributed by atoms with Gasteiger partial charge in [0, 0.05) is 40.2 Å². The van der Waals surface area contributed by atoms with Crippen LogP contribution in [0, 0.1) is 23.2 Å². The van der Waals surface area contributed by atoms with Gasteiger partial charge in [-0.1, -0.05) is 51.5 Å². The Kier molecular flexibility index (Phi) is 10.8. The number of halogens is 5. The quantitative estimate of drug-likeness (QED) is 0.162. The lowest BCUT2D eigenvalue weighted by Crippen LogP contribution is -2.49. The average Bonchev–Trinajstić information content (AvgIpc) is 3.22. The van der Waals surface area contributed by atoms with Crippen molar-refractivity contribution in [3.05, 3.63) is 29.3 Å². The first-order chi connectivity index (χ1) is 19.8. The Balaban J connectivity index is 1.19. The standard InChI is InChI=1S/C32H45F5O4S/c1-30-17-15-23-22-12-11-21(38)20-25(22)29(40)24(28(23)26(30)13-14-27(30)39)10-7-5-3-2-4-6-8-18-42(41)19-9-16-31(33,34)32(35,36)37/h11-12,20,23-24,26-28,38-39H,2-10,13-19H2,1H3. The summed E-state index contributed by atoms with van der Waals surface area (Å²) in [4.78, 5) is 13.8. The van der Waals surface area contributed by atoms with Crippen molar-refractivity contribution in [3.8, 4) is 5.75 Å². The van der Waals surface area contributed by atoms with Crippen LogP contribution in [0.15, 0.2) is 18.2 Å². The number of phenols is 1. The number of carbonyl (C=O) groups excluding carboxylic acids is 1. The number of carbonyl (C=O) groups is 1. The van der Waals surface area contributed by atoms with Crippen LogP contribution in [0.4, 0.5) is 22.0 Å². The molecular formula is C32H45F5O4S. The van der Waals surface area contributed by atoms with Crippen LogP contribution < -0.4 is 0 Å². The van der Waals surface area contributed by atoms with Crippen LogP contribution >= 0.6 is 0 Å². The van der Waals surface area contributed by atoms with Crippen molar-refractivity contribution in [2.75, 3.05) is 11.5 Å². The summed E-state index contributed by atoms with van der Waals surface area (Å²) >= 11 is 0. The Hall–Kier alpha value is -1.55. The van der Waals surface area contributed by atoms with Gasteiger partial charge in [-0.05, 0) is 85.8 Å². The highest BCUT2D eigenvalue weighted by Gasteiger charge is 2.58. The molecule has 2 N–H and O–H groups in total. The predicted molar refractivity (Wildman–Crippen MR) is 153 cm³/mol. The third kappa shape index (κ3) is 7.22. The molecule has 4 nitrogen and oxygen atoms in total. The molecule has 0 aromatic heterocycles. The Morgan fingerprint density at radius 1 is 0.929 bits per heavy atom. The molecule has 7 atom stereocenters. The summed E-state index contributed by atoms with van der Waals surface area (Å²) in [5.41, 5.74) is 1.57. The van der Waals surface area contributed by atoms with E-state index in [1.807, 2.05) is 6.07 Å². The van der Waals surface area contributed by atoms with Gasteiger partial charge in [-0.3, -0.25) is 9.00 Å². The van der Waals surface area contributed by atoms with Gasteiger partial charge in [-0.15, -0.1) is 0 Å². The van der Waals surface area contributed by atoms with Crippen LogP contribution in [0.25, 0.3) is 0 Å². The van der Waals surface area contributed by atoms with Crippen LogP contribution in [0.3, 0.4) is 0 Å². The maximum atomic E-state index is 13.8. The molecule has 0 amide bonds. The van der Waals surface area contributed by atoms with Crippen LogP contribution in [0.5, 0.6) is 5.75 Å². The molecule has 42 heavy (non-hydrogen) atoms. The summed E-state index contributed by atoms with van der Waals surface area (Å²) in [6, 6.07) is 5.23. The lowest BCUT2D eigenvalue weighted by molar-refractivity contribution is -0.284. The predicted octanol–water partition coefficient (Wildman–Crippen LogP) is 8.32. The highest BCUT2D eigenvalue weighted by molar-refractivity contribution is 7.84. The van der Waals surface area contributed by atoms with Crippen molar-refractivity contribution in [1.82, 2.24) is 0 Å². The summed E-state index contributed by atoms with van der Waals surface area (Å²) in [6.07, 6.45) is 3.10. The van der Waals surface area contributed by atoms with E-state index in [0.29, 0.717) is 23.7 Å². The molecule has 3 aliphatic rings. The molecular weight excluding hydrogens is 575 g/mol. The van der Waals surface area contributed by atoms with Gasteiger partial charge in [0.25, 0.3) is 0 Å². The summed E-state index contributed by atoms with van der Waals surface area (Å²) in [5.74, 6) is -3.62. The first-order valence-electron chi connectivity index (χ1n) is 15.6. The Morgan fingerprint density at radius 3 is 2.26 bits per heavy atom. The average molecular weight is 621 g/mol. The smallest absolute Gasteiger partial charge is 0.453 e. The Bertz CT molecular complexity index is 1110. The molecule has 3 aliphatic carbocycles. The number of benzene rings is 1. The number of aliphatic hydroxyl groups excluding tert-OH is 1. The summed E-state index contributed by atoms with van der Waals surface area (Å²) < 4.78 is 74.5. The number of aromatic hydroxyl groups is 1. The van der Waals surface area contributed by atoms with Gasteiger partial charge < -0.3 is 10.2 Å². The molecule has 0 heterocycles. The highest BCUT2D eigenvalue weighted by atomic mass is 32.2. The van der Waals surface area contributed by atoms with Crippen LogP contribution in [-0.2, 0) is 10.8 Å². The third-order valence-corrected chi connectivity index (χ3v) is 11.9. The number of Topliss-reactive ketones (excluding diaryl/α,β-unsaturated/α-hetero) is 1. The Morgan fingerprint density at radius 2 is 1.57 bits per heavy atom. The van der Waals surface area contributed by atoms with Gasteiger partial charge in [0.1, 0.15) is 5.75 Å². The number of rotatable bonds is 14. The van der Waals surface area contributed by atoms with Crippen LogP contribution in [0.1, 0.15) is 119 Å². The molecule has 0 spiro atoms. The fourth-order valence-electron chi connectivity index (χ4n) is 8.08. The van der Waals surface area contributed by atoms with Gasteiger partial charge in [-0.2, -0.15) is 22.0 Å². The molecule has 0 saturated heterocycles. The topological polar surface area (TPSA) is 74.6 Å². The zero-order valence-corrected chi connectivity index (χ0v) is 25.3. The second-order valence-electron chi connectivity index (χ2n) is 13.1. The van der Waals surface area contributed by atoms with E-state index < -0.39 is 35.7 Å². The lowest BCUT2D eigenvalue weighted by atomic mass is 9.51. The van der Waals surface area contributed by atoms with E-state index in [-0.39, 0.29) is 46.6 Å². The lowest BCUT2D eigenvalue weighted by Gasteiger charge is -2.52. The van der Waals surface area contributed by atoms with E-state index in [0.717, 1.165) is 76.2 Å². The van der Waals surface area contributed by atoms with E-state index in [9.17, 15) is 41.2 Å². The van der Waals surface area contributed by atoms with Gasteiger partial charge in [-0.25, -0.2) is 0 Å². The minimum atomic E-state index is -5.56. The van der Waals surface area contributed by atoms with Crippen molar-refractivity contribution < 1.29 is 41.2 Å². The molecule has 2 fully saturated rings. The van der Waals surface area contributed by atoms with Crippen molar-refractivity contribution in [2.24, 2.45) is 23.2 Å². The molecule has 7 unspecified atom stereocenters. The largest absolute Gasteiger partial charge is 0.508 e. The summed E-state index contributed by atoms with van der Waals surface area (Å²) in [6.45, 7) is 2.20. The van der Waals surface area contributed by atoms with Crippen LogP contribution in [0.2, 0.25) is 0 Å². The summed E-state index contributed by atoms with van der Waals surface area (Å²) in [5, 5.41) is 20.9. The number of hydrogen-bond acceptors (Lipinski definition) is 4. The number of ketones is 1. The Labute approximate surface area is 248 Å². The van der Waals surface area contributed by atoms with Crippen molar-refractivity contribution in [3.63, 3.8) is 0 Å². The molecule has 2 saturated carbocycles. The molecule has 1 aromatic carbocycles. The number of phenolic OH excluding ortho intramolecular Hbond substituents is 1. The van der Waals surface area contributed by atoms with Gasteiger partial charge in [0.2, 0.25) is 0 Å².